The lowest BCUT2D eigenvalue weighted by Crippen LogP contribution is -2.22. The molecule has 0 radical (unpaired) electrons. The van der Waals surface area contributed by atoms with Gasteiger partial charge in [0.25, 0.3) is 0 Å². The zero-order valence-electron chi connectivity index (χ0n) is 18.6. The minimum atomic E-state index is -3.01. The molecule has 1 saturated heterocycles. The van der Waals surface area contributed by atoms with Crippen molar-refractivity contribution in [3.8, 4) is 28.5 Å². The summed E-state index contributed by atoms with van der Waals surface area (Å²) < 4.78 is 33.4. The predicted octanol–water partition coefficient (Wildman–Crippen LogP) is 4.06. The number of ether oxygens (including phenoxy) is 1. The van der Waals surface area contributed by atoms with Crippen LogP contribution in [-0.2, 0) is 16.9 Å². The fourth-order valence-corrected chi connectivity index (χ4v) is 6.43. The molecule has 1 aromatic carbocycles. The summed E-state index contributed by atoms with van der Waals surface area (Å²) in [7, 11) is 0.513. The summed E-state index contributed by atoms with van der Waals surface area (Å²) in [6.07, 6.45) is 6.54. The molecule has 0 amide bonds. The normalized spacial score (nSPS) is 16.4. The lowest BCUT2D eigenvalue weighted by Gasteiger charge is -2.24. The van der Waals surface area contributed by atoms with E-state index in [1.807, 2.05) is 49.1 Å². The van der Waals surface area contributed by atoms with E-state index in [1.165, 1.54) is 0 Å². The van der Waals surface area contributed by atoms with Gasteiger partial charge in [-0.3, -0.25) is 0 Å². The third-order valence-corrected chi connectivity index (χ3v) is 8.38. The smallest absolute Gasteiger partial charge is 0.217 e. The summed E-state index contributed by atoms with van der Waals surface area (Å²) in [5, 5.41) is 5.05. The summed E-state index contributed by atoms with van der Waals surface area (Å²) in [5.74, 6) is 2.16. The number of aryl methyl sites for hydroxylation is 1. The summed E-state index contributed by atoms with van der Waals surface area (Å²) in [4.78, 5) is 8.91. The maximum atomic E-state index is 12.1. The molecular weight excluding hydrogens is 462 g/mol. The summed E-state index contributed by atoms with van der Waals surface area (Å²) in [5.41, 5.74) is 4.64. The lowest BCUT2D eigenvalue weighted by atomic mass is 9.87. The fraction of sp³-hybridized carbons (Fsp3) is 0.348. The van der Waals surface area contributed by atoms with Crippen molar-refractivity contribution in [3.63, 3.8) is 0 Å². The Balaban J connectivity index is 1.76. The number of aromatic nitrogens is 5. The molecule has 172 valence electrons. The van der Waals surface area contributed by atoms with Gasteiger partial charge in [-0.25, -0.2) is 22.9 Å². The summed E-state index contributed by atoms with van der Waals surface area (Å²) >= 11 is 6.76. The van der Waals surface area contributed by atoms with Gasteiger partial charge in [-0.15, -0.1) is 5.10 Å². The third-order valence-electron chi connectivity index (χ3n) is 6.41. The minimum absolute atomic E-state index is 0.0271. The maximum absolute atomic E-state index is 12.1. The number of imidazole rings is 1. The number of benzene rings is 1. The van der Waals surface area contributed by atoms with E-state index in [0.717, 1.165) is 28.0 Å². The van der Waals surface area contributed by atoms with Gasteiger partial charge >= 0.3 is 0 Å². The van der Waals surface area contributed by atoms with Crippen LogP contribution in [0.25, 0.3) is 28.3 Å². The molecule has 0 saturated carbocycles. The van der Waals surface area contributed by atoms with Crippen molar-refractivity contribution in [2.45, 2.75) is 25.7 Å². The Hall–Kier alpha value is -2.91. The van der Waals surface area contributed by atoms with Gasteiger partial charge in [-0.1, -0.05) is 23.7 Å². The second-order valence-corrected chi connectivity index (χ2v) is 11.1. The van der Waals surface area contributed by atoms with E-state index in [2.05, 4.69) is 9.97 Å². The first-order valence-corrected chi connectivity index (χ1v) is 12.9. The highest BCUT2D eigenvalue weighted by Gasteiger charge is 2.31. The van der Waals surface area contributed by atoms with Gasteiger partial charge in [0.05, 0.1) is 18.6 Å². The van der Waals surface area contributed by atoms with E-state index in [0.29, 0.717) is 35.2 Å². The van der Waals surface area contributed by atoms with Crippen molar-refractivity contribution in [3.05, 3.63) is 53.1 Å². The van der Waals surface area contributed by atoms with E-state index >= 15 is 0 Å². The van der Waals surface area contributed by atoms with E-state index < -0.39 is 9.84 Å². The molecule has 4 heterocycles. The van der Waals surface area contributed by atoms with Crippen LogP contribution in [0.5, 0.6) is 5.75 Å². The van der Waals surface area contributed by atoms with Crippen molar-refractivity contribution in [2.24, 2.45) is 7.05 Å². The van der Waals surface area contributed by atoms with Gasteiger partial charge in [0, 0.05) is 31.2 Å². The Morgan fingerprint density at radius 3 is 2.61 bits per heavy atom. The topological polar surface area (TPSA) is 91.4 Å². The molecule has 4 aromatic rings. The number of methoxy groups -OCH3 is 1. The average molecular weight is 486 g/mol. The second kappa shape index (κ2) is 8.14. The number of halogens is 1. The highest BCUT2D eigenvalue weighted by atomic mass is 35.5. The van der Waals surface area contributed by atoms with Crippen LogP contribution in [-0.4, -0.2) is 51.2 Å². The number of fused-ring (bicyclic) bond motifs is 1. The molecule has 0 aliphatic carbocycles. The Kier molecular flexibility index (Phi) is 5.41. The van der Waals surface area contributed by atoms with Crippen molar-refractivity contribution in [1.82, 2.24) is 24.1 Å². The third kappa shape index (κ3) is 3.79. The Labute approximate surface area is 197 Å². The van der Waals surface area contributed by atoms with Crippen molar-refractivity contribution >= 4 is 27.0 Å². The minimum Gasteiger partial charge on any atom is -0.496 e. The van der Waals surface area contributed by atoms with Crippen LogP contribution < -0.4 is 4.74 Å². The second-order valence-electron chi connectivity index (χ2n) is 8.40. The first-order valence-electron chi connectivity index (χ1n) is 10.7. The standard InChI is InChI=1S/C23H24ClN5O3S/c1-14-16(5-4-6-18(14)32-3)17-13-29-20(19(17)15-7-11-33(30,31)12-8-15)21(24)26-22(27-29)23-25-9-10-28(23)2/h4-6,9-10,13,15H,7-8,11-12H2,1-3H3. The molecule has 10 heteroatoms. The van der Waals surface area contributed by atoms with Gasteiger partial charge in [-0.05, 0) is 48.4 Å². The van der Waals surface area contributed by atoms with Crippen molar-refractivity contribution in [1.29, 1.82) is 0 Å². The number of hydrogen-bond acceptors (Lipinski definition) is 6. The maximum Gasteiger partial charge on any atom is 0.217 e. The van der Waals surface area contributed by atoms with E-state index in [1.54, 1.807) is 17.8 Å². The highest BCUT2D eigenvalue weighted by molar-refractivity contribution is 7.91. The van der Waals surface area contributed by atoms with Crippen LogP contribution in [0.15, 0.2) is 36.8 Å². The zero-order valence-corrected chi connectivity index (χ0v) is 20.2. The van der Waals surface area contributed by atoms with Crippen LogP contribution in [0.3, 0.4) is 0 Å². The molecule has 0 spiro atoms. The largest absolute Gasteiger partial charge is 0.496 e. The molecule has 8 nitrogen and oxygen atoms in total. The van der Waals surface area contributed by atoms with Crippen LogP contribution in [0, 0.1) is 6.92 Å². The van der Waals surface area contributed by atoms with E-state index in [9.17, 15) is 8.42 Å². The predicted molar refractivity (Wildman–Crippen MR) is 128 cm³/mol. The van der Waals surface area contributed by atoms with Gasteiger partial charge < -0.3 is 9.30 Å². The number of hydrogen-bond donors (Lipinski definition) is 0. The number of sulfone groups is 1. The lowest BCUT2D eigenvalue weighted by molar-refractivity contribution is 0.412. The Morgan fingerprint density at radius 2 is 1.94 bits per heavy atom. The number of nitrogens with zero attached hydrogens (tertiary/aromatic N) is 5. The Morgan fingerprint density at radius 1 is 1.18 bits per heavy atom. The first kappa shape index (κ1) is 21.9. The van der Waals surface area contributed by atoms with Crippen molar-refractivity contribution < 1.29 is 13.2 Å². The van der Waals surface area contributed by atoms with Gasteiger partial charge in [0.15, 0.2) is 11.0 Å². The molecule has 0 atom stereocenters. The quantitative estimate of drug-likeness (QED) is 0.433. The SMILES string of the molecule is COc1cccc(-c2cn3nc(-c4nccn4C)nc(Cl)c3c2C2CCS(=O)(=O)CC2)c1C. The molecule has 5 rings (SSSR count). The monoisotopic (exact) mass is 485 g/mol. The number of rotatable bonds is 4. The van der Waals surface area contributed by atoms with Gasteiger partial charge in [0.2, 0.25) is 5.82 Å². The molecule has 1 aliphatic heterocycles. The molecule has 0 N–H and O–H groups in total. The molecule has 0 unspecified atom stereocenters. The first-order chi connectivity index (χ1) is 15.8. The highest BCUT2D eigenvalue weighted by Crippen LogP contribution is 2.43. The summed E-state index contributed by atoms with van der Waals surface area (Å²) in [6.45, 7) is 2.01. The molecule has 3 aromatic heterocycles. The van der Waals surface area contributed by atoms with E-state index in [-0.39, 0.29) is 17.4 Å². The molecule has 1 fully saturated rings. The Bertz CT molecular complexity index is 1460. The van der Waals surface area contributed by atoms with E-state index in [4.69, 9.17) is 21.4 Å². The summed E-state index contributed by atoms with van der Waals surface area (Å²) in [6, 6.07) is 5.91. The van der Waals surface area contributed by atoms with Crippen LogP contribution in [0.1, 0.15) is 29.9 Å². The van der Waals surface area contributed by atoms with Crippen molar-refractivity contribution in [2.75, 3.05) is 18.6 Å². The zero-order chi connectivity index (χ0) is 23.3. The average Bonchev–Trinajstić information content (AvgIpc) is 3.38. The van der Waals surface area contributed by atoms with Crippen LogP contribution in [0.2, 0.25) is 5.15 Å². The van der Waals surface area contributed by atoms with Crippen LogP contribution >= 0.6 is 11.6 Å². The molecular formula is C23H24ClN5O3S. The molecule has 0 bridgehead atoms. The van der Waals surface area contributed by atoms with Gasteiger partial charge in [0.1, 0.15) is 21.1 Å². The van der Waals surface area contributed by atoms with Gasteiger partial charge in [-0.2, -0.15) is 0 Å². The molecule has 33 heavy (non-hydrogen) atoms. The fourth-order valence-electron chi connectivity index (χ4n) is 4.67. The molecule has 1 aliphatic rings. The van der Waals surface area contributed by atoms with Crippen LogP contribution in [0.4, 0.5) is 0 Å².